The molecule has 0 saturated heterocycles. The summed E-state index contributed by atoms with van der Waals surface area (Å²) < 4.78 is 5.78. The largest absolute Gasteiger partial charge is 0.478 e. The van der Waals surface area contributed by atoms with Crippen LogP contribution in [0.5, 0.6) is 0 Å². The van der Waals surface area contributed by atoms with Crippen LogP contribution < -0.4 is 0 Å². The van der Waals surface area contributed by atoms with Gasteiger partial charge in [0.2, 0.25) is 5.89 Å². The number of aromatic nitrogens is 1. The Morgan fingerprint density at radius 2 is 1.95 bits per heavy atom. The van der Waals surface area contributed by atoms with Gasteiger partial charge in [0.25, 0.3) is 0 Å². The van der Waals surface area contributed by atoms with Gasteiger partial charge < -0.3 is 9.52 Å². The molecule has 4 heteroatoms. The van der Waals surface area contributed by atoms with Crippen molar-refractivity contribution in [3.05, 3.63) is 65.5 Å². The molecule has 2 aromatic carbocycles. The Bertz CT molecular complexity index is 777. The van der Waals surface area contributed by atoms with Crippen LogP contribution in [-0.2, 0) is 0 Å². The molecule has 1 N–H and O–H groups in total. The molecule has 3 rings (SSSR count). The van der Waals surface area contributed by atoms with Crippen LogP contribution in [0.2, 0.25) is 0 Å². The summed E-state index contributed by atoms with van der Waals surface area (Å²) in [6.45, 7) is 2.06. The van der Waals surface area contributed by atoms with Crippen LogP contribution in [0.4, 0.5) is 0 Å². The number of fused-ring (bicyclic) bond motifs is 1. The molecular weight excluding hydrogens is 266 g/mol. The zero-order valence-corrected chi connectivity index (χ0v) is 11.6. The quantitative estimate of drug-likeness (QED) is 0.783. The topological polar surface area (TPSA) is 63.3 Å². The lowest BCUT2D eigenvalue weighted by atomic mass is 9.97. The van der Waals surface area contributed by atoms with Gasteiger partial charge in [-0.1, -0.05) is 43.3 Å². The lowest BCUT2D eigenvalue weighted by Gasteiger charge is -2.10. The third-order valence-corrected chi connectivity index (χ3v) is 3.57. The van der Waals surface area contributed by atoms with E-state index in [-0.39, 0.29) is 11.5 Å². The van der Waals surface area contributed by atoms with Crippen molar-refractivity contribution in [2.75, 3.05) is 0 Å². The molecule has 4 nitrogen and oxygen atoms in total. The van der Waals surface area contributed by atoms with Crippen molar-refractivity contribution in [3.63, 3.8) is 0 Å². The molecule has 1 heterocycles. The summed E-state index contributed by atoms with van der Waals surface area (Å²) in [6.07, 6.45) is 0.833. The Hall–Kier alpha value is -2.62. The number of hydrogen-bond donors (Lipinski definition) is 1. The van der Waals surface area contributed by atoms with Crippen LogP contribution in [0, 0.1) is 0 Å². The average Bonchev–Trinajstić information content (AvgIpc) is 2.92. The lowest BCUT2D eigenvalue weighted by Crippen LogP contribution is -1.99. The van der Waals surface area contributed by atoms with Crippen LogP contribution in [0.25, 0.3) is 11.1 Å². The summed E-state index contributed by atoms with van der Waals surface area (Å²) in [4.78, 5) is 15.7. The number of carbonyl (C=O) groups is 1. The summed E-state index contributed by atoms with van der Waals surface area (Å²) in [5.41, 5.74) is 2.19. The monoisotopic (exact) mass is 281 g/mol. The zero-order chi connectivity index (χ0) is 14.8. The highest BCUT2D eigenvalue weighted by molar-refractivity contribution is 5.99. The molecule has 0 amide bonds. The summed E-state index contributed by atoms with van der Waals surface area (Å²) >= 11 is 0. The van der Waals surface area contributed by atoms with Gasteiger partial charge in [0, 0.05) is 0 Å². The Labute approximate surface area is 122 Å². The van der Waals surface area contributed by atoms with Gasteiger partial charge in [0.15, 0.2) is 5.58 Å². The Morgan fingerprint density at radius 3 is 2.62 bits per heavy atom. The van der Waals surface area contributed by atoms with Gasteiger partial charge in [-0.15, -0.1) is 0 Å². The number of rotatable bonds is 4. The van der Waals surface area contributed by atoms with Crippen LogP contribution in [0.1, 0.15) is 41.1 Å². The van der Waals surface area contributed by atoms with Crippen molar-refractivity contribution in [3.8, 4) is 0 Å². The molecule has 106 valence electrons. The molecule has 0 bridgehead atoms. The maximum atomic E-state index is 11.2. The smallest absolute Gasteiger partial charge is 0.339 e. The van der Waals surface area contributed by atoms with Gasteiger partial charge in [-0.3, -0.25) is 0 Å². The number of aromatic carboxylic acids is 1. The number of oxazole rings is 1. The molecular formula is C17H15NO3. The van der Waals surface area contributed by atoms with E-state index >= 15 is 0 Å². The molecule has 21 heavy (non-hydrogen) atoms. The Kier molecular flexibility index (Phi) is 3.44. The number of carboxylic acids is 1. The van der Waals surface area contributed by atoms with Crippen molar-refractivity contribution in [1.82, 2.24) is 4.98 Å². The predicted octanol–water partition coefficient (Wildman–Crippen LogP) is 4.07. The first-order valence-electron chi connectivity index (χ1n) is 6.88. The van der Waals surface area contributed by atoms with Crippen molar-refractivity contribution < 1.29 is 14.3 Å². The normalized spacial score (nSPS) is 12.4. The van der Waals surface area contributed by atoms with Crippen LogP contribution in [0.3, 0.4) is 0 Å². The molecule has 0 spiro atoms. The molecule has 0 aliphatic carbocycles. The maximum absolute atomic E-state index is 11.2. The molecule has 0 aliphatic rings. The van der Waals surface area contributed by atoms with Crippen molar-refractivity contribution in [1.29, 1.82) is 0 Å². The molecule has 0 saturated carbocycles. The third-order valence-electron chi connectivity index (χ3n) is 3.57. The highest BCUT2D eigenvalue weighted by Crippen LogP contribution is 2.30. The van der Waals surface area contributed by atoms with Gasteiger partial charge in [-0.25, -0.2) is 9.78 Å². The summed E-state index contributed by atoms with van der Waals surface area (Å²) in [7, 11) is 0. The number of hydrogen-bond acceptors (Lipinski definition) is 3. The van der Waals surface area contributed by atoms with E-state index in [9.17, 15) is 9.90 Å². The van der Waals surface area contributed by atoms with Gasteiger partial charge >= 0.3 is 5.97 Å². The molecule has 0 aliphatic heterocycles. The molecule has 1 unspecified atom stereocenters. The molecule has 1 aromatic heterocycles. The highest BCUT2D eigenvalue weighted by atomic mass is 16.4. The molecule has 1 atom stereocenters. The van der Waals surface area contributed by atoms with Gasteiger partial charge in [0.1, 0.15) is 11.1 Å². The number of nitrogens with zero attached hydrogens (tertiary/aromatic N) is 1. The van der Waals surface area contributed by atoms with E-state index in [1.54, 1.807) is 12.1 Å². The minimum atomic E-state index is -1.00. The molecule has 0 fully saturated rings. The van der Waals surface area contributed by atoms with Gasteiger partial charge in [-0.2, -0.15) is 0 Å². The second kappa shape index (κ2) is 5.40. The van der Waals surface area contributed by atoms with Crippen molar-refractivity contribution in [2.45, 2.75) is 19.3 Å². The second-order valence-corrected chi connectivity index (χ2v) is 4.88. The van der Waals surface area contributed by atoms with Crippen LogP contribution >= 0.6 is 0 Å². The SMILES string of the molecule is CCC(c1ccccc1)c1nc2cccc(C(=O)O)c2o1. The lowest BCUT2D eigenvalue weighted by molar-refractivity contribution is 0.0698. The zero-order valence-electron chi connectivity index (χ0n) is 11.6. The number of benzene rings is 2. The van der Waals surface area contributed by atoms with E-state index in [2.05, 4.69) is 11.9 Å². The van der Waals surface area contributed by atoms with E-state index in [0.717, 1.165) is 12.0 Å². The Balaban J connectivity index is 2.12. The minimum Gasteiger partial charge on any atom is -0.478 e. The van der Waals surface area contributed by atoms with E-state index in [0.29, 0.717) is 17.0 Å². The third kappa shape index (κ3) is 2.40. The summed E-state index contributed by atoms with van der Waals surface area (Å²) in [5.74, 6) is -0.413. The predicted molar refractivity (Wildman–Crippen MR) is 79.5 cm³/mol. The first kappa shape index (κ1) is 13.4. The first-order chi connectivity index (χ1) is 10.2. The van der Waals surface area contributed by atoms with Gasteiger partial charge in [-0.05, 0) is 24.1 Å². The standard InChI is InChI=1S/C17H15NO3/c1-2-12(11-7-4-3-5-8-11)16-18-14-10-6-9-13(17(19)20)15(14)21-16/h3-10,12H,2H2,1H3,(H,19,20). The van der Waals surface area contributed by atoms with Gasteiger partial charge in [0.05, 0.1) is 5.92 Å². The fourth-order valence-corrected chi connectivity index (χ4v) is 2.52. The number of para-hydroxylation sites is 1. The number of carboxylic acid groups (broad SMARTS) is 1. The minimum absolute atomic E-state index is 0.0280. The second-order valence-electron chi connectivity index (χ2n) is 4.88. The van der Waals surface area contributed by atoms with E-state index < -0.39 is 5.97 Å². The fraction of sp³-hybridized carbons (Fsp3) is 0.176. The van der Waals surface area contributed by atoms with Crippen molar-refractivity contribution in [2.24, 2.45) is 0 Å². The molecule has 0 radical (unpaired) electrons. The van der Waals surface area contributed by atoms with Crippen molar-refractivity contribution >= 4 is 17.1 Å². The average molecular weight is 281 g/mol. The Morgan fingerprint density at radius 1 is 1.19 bits per heavy atom. The highest BCUT2D eigenvalue weighted by Gasteiger charge is 2.21. The van der Waals surface area contributed by atoms with Crippen LogP contribution in [-0.4, -0.2) is 16.1 Å². The summed E-state index contributed by atoms with van der Waals surface area (Å²) in [6, 6.07) is 15.0. The van der Waals surface area contributed by atoms with E-state index in [1.807, 2.05) is 30.3 Å². The van der Waals surface area contributed by atoms with E-state index in [4.69, 9.17) is 4.42 Å². The fourth-order valence-electron chi connectivity index (χ4n) is 2.52. The van der Waals surface area contributed by atoms with Crippen LogP contribution in [0.15, 0.2) is 52.9 Å². The van der Waals surface area contributed by atoms with E-state index in [1.165, 1.54) is 6.07 Å². The first-order valence-corrected chi connectivity index (χ1v) is 6.88. The molecule has 3 aromatic rings. The maximum Gasteiger partial charge on any atom is 0.339 e. The summed E-state index contributed by atoms with van der Waals surface area (Å²) in [5, 5.41) is 9.22.